The number of carboxylic acids is 1. The van der Waals surface area contributed by atoms with Crippen LogP contribution in [0.4, 0.5) is 4.79 Å². The summed E-state index contributed by atoms with van der Waals surface area (Å²) in [4.78, 5) is 22.3. The largest absolute Gasteiger partial charge is 0.475 e. The normalized spacial score (nSPS) is 21.6. The molecule has 1 saturated heterocycles. The van der Waals surface area contributed by atoms with Gasteiger partial charge in [0.25, 0.3) is 0 Å². The Bertz CT molecular complexity index is 494. The van der Waals surface area contributed by atoms with E-state index in [1.807, 2.05) is 11.8 Å². The predicted octanol–water partition coefficient (Wildman–Crippen LogP) is 2.06. The number of carbonyl (C=O) groups is 2. The molecule has 0 aliphatic carbocycles. The highest BCUT2D eigenvalue weighted by atomic mass is 32.2. The van der Waals surface area contributed by atoms with Crippen LogP contribution in [0.5, 0.6) is 0 Å². The minimum Gasteiger partial charge on any atom is -0.475 e. The highest BCUT2D eigenvalue weighted by Gasteiger charge is 2.29. The van der Waals surface area contributed by atoms with E-state index < -0.39 is 5.97 Å². The molecular weight excluding hydrogens is 280 g/mol. The Kier molecular flexibility index (Phi) is 4.59. The van der Waals surface area contributed by atoms with Crippen LogP contribution in [0.3, 0.4) is 0 Å². The second-order valence-corrected chi connectivity index (χ2v) is 6.69. The van der Waals surface area contributed by atoms with Gasteiger partial charge in [0, 0.05) is 11.3 Å². The second-order valence-electron chi connectivity index (χ2n) is 5.01. The SMILES string of the molecule is CC1(CNC(=O)NCc2ccc(C(=O)O)o2)CCCS1. The quantitative estimate of drug-likeness (QED) is 0.774. The molecule has 2 amide bonds. The van der Waals surface area contributed by atoms with E-state index in [2.05, 4.69) is 17.6 Å². The minimum absolute atomic E-state index is 0.124. The van der Waals surface area contributed by atoms with E-state index in [4.69, 9.17) is 9.52 Å². The van der Waals surface area contributed by atoms with Crippen molar-refractivity contribution in [2.45, 2.75) is 31.1 Å². The second kappa shape index (κ2) is 6.21. The molecule has 1 aromatic rings. The third kappa shape index (κ3) is 3.93. The lowest BCUT2D eigenvalue weighted by Gasteiger charge is -2.22. The average molecular weight is 298 g/mol. The van der Waals surface area contributed by atoms with Crippen molar-refractivity contribution in [3.05, 3.63) is 23.7 Å². The van der Waals surface area contributed by atoms with Gasteiger partial charge in [-0.15, -0.1) is 0 Å². The van der Waals surface area contributed by atoms with E-state index in [9.17, 15) is 9.59 Å². The molecule has 0 radical (unpaired) electrons. The Hall–Kier alpha value is -1.63. The van der Waals surface area contributed by atoms with E-state index in [0.29, 0.717) is 12.3 Å². The lowest BCUT2D eigenvalue weighted by atomic mass is 10.1. The van der Waals surface area contributed by atoms with E-state index in [1.165, 1.54) is 18.6 Å². The predicted molar refractivity (Wildman–Crippen MR) is 76.0 cm³/mol. The summed E-state index contributed by atoms with van der Waals surface area (Å²) in [5, 5.41) is 14.2. The van der Waals surface area contributed by atoms with Crippen LogP contribution in [0.1, 0.15) is 36.1 Å². The standard InChI is InChI=1S/C13H18N2O4S/c1-13(5-2-6-20-13)8-15-12(18)14-7-9-3-4-10(19-9)11(16)17/h3-4H,2,5-8H2,1H3,(H,16,17)(H2,14,15,18). The number of aromatic carboxylic acids is 1. The van der Waals surface area contributed by atoms with Gasteiger partial charge in [-0.3, -0.25) is 0 Å². The number of hydrogen-bond acceptors (Lipinski definition) is 4. The van der Waals surface area contributed by atoms with Gasteiger partial charge >= 0.3 is 12.0 Å². The first-order chi connectivity index (χ1) is 9.48. The first-order valence-electron chi connectivity index (χ1n) is 6.46. The summed E-state index contributed by atoms with van der Waals surface area (Å²) in [6.45, 7) is 2.95. The van der Waals surface area contributed by atoms with Gasteiger partial charge < -0.3 is 20.2 Å². The molecule has 1 atom stereocenters. The molecule has 6 nitrogen and oxygen atoms in total. The van der Waals surface area contributed by atoms with Crippen LogP contribution in [0.15, 0.2) is 16.5 Å². The van der Waals surface area contributed by atoms with Crippen molar-refractivity contribution in [1.29, 1.82) is 0 Å². The van der Waals surface area contributed by atoms with Gasteiger partial charge in [-0.1, -0.05) is 0 Å². The van der Waals surface area contributed by atoms with Crippen LogP contribution in [0, 0.1) is 0 Å². The summed E-state index contributed by atoms with van der Waals surface area (Å²) in [5.41, 5.74) is 0. The first kappa shape index (κ1) is 14.8. The number of furan rings is 1. The summed E-state index contributed by atoms with van der Waals surface area (Å²) in [6.07, 6.45) is 2.30. The maximum Gasteiger partial charge on any atom is 0.371 e. The van der Waals surface area contributed by atoms with Crippen molar-refractivity contribution in [3.63, 3.8) is 0 Å². The maximum atomic E-state index is 11.7. The Labute approximate surface area is 121 Å². The zero-order valence-electron chi connectivity index (χ0n) is 11.3. The third-order valence-electron chi connectivity index (χ3n) is 3.22. The summed E-state index contributed by atoms with van der Waals surface area (Å²) in [5.74, 6) is 0.312. The molecule has 1 aliphatic heterocycles. The monoisotopic (exact) mass is 298 g/mol. The van der Waals surface area contributed by atoms with Crippen molar-refractivity contribution in [1.82, 2.24) is 10.6 Å². The van der Waals surface area contributed by atoms with Crippen LogP contribution < -0.4 is 10.6 Å². The number of carboxylic acid groups (broad SMARTS) is 1. The van der Waals surface area contributed by atoms with Crippen molar-refractivity contribution >= 4 is 23.8 Å². The Balaban J connectivity index is 1.73. The molecule has 7 heteroatoms. The molecule has 2 rings (SSSR count). The van der Waals surface area contributed by atoms with Crippen LogP contribution in [-0.2, 0) is 6.54 Å². The summed E-state index contributed by atoms with van der Waals surface area (Å²) < 4.78 is 5.17. The lowest BCUT2D eigenvalue weighted by Crippen LogP contribution is -2.42. The van der Waals surface area contributed by atoms with Crippen LogP contribution in [-0.4, -0.2) is 34.2 Å². The number of urea groups is 1. The number of amides is 2. The molecule has 1 aromatic heterocycles. The fourth-order valence-electron chi connectivity index (χ4n) is 2.06. The lowest BCUT2D eigenvalue weighted by molar-refractivity contribution is 0.0660. The number of carbonyl (C=O) groups excluding carboxylic acids is 1. The molecule has 20 heavy (non-hydrogen) atoms. The maximum absolute atomic E-state index is 11.7. The third-order valence-corrected chi connectivity index (χ3v) is 4.76. The van der Waals surface area contributed by atoms with Crippen LogP contribution in [0.25, 0.3) is 0 Å². The highest BCUT2D eigenvalue weighted by molar-refractivity contribution is 8.00. The number of rotatable bonds is 5. The van der Waals surface area contributed by atoms with Crippen molar-refractivity contribution in [2.24, 2.45) is 0 Å². The van der Waals surface area contributed by atoms with Crippen molar-refractivity contribution < 1.29 is 19.1 Å². The summed E-state index contributed by atoms with van der Waals surface area (Å²) >= 11 is 1.88. The Morgan fingerprint density at radius 3 is 2.85 bits per heavy atom. The fourth-order valence-corrected chi connectivity index (χ4v) is 3.31. The van der Waals surface area contributed by atoms with Crippen molar-refractivity contribution in [2.75, 3.05) is 12.3 Å². The smallest absolute Gasteiger partial charge is 0.371 e. The molecule has 1 unspecified atom stereocenters. The van der Waals surface area contributed by atoms with E-state index in [-0.39, 0.29) is 23.1 Å². The molecule has 3 N–H and O–H groups in total. The van der Waals surface area contributed by atoms with E-state index >= 15 is 0 Å². The van der Waals surface area contributed by atoms with Crippen LogP contribution in [0.2, 0.25) is 0 Å². The van der Waals surface area contributed by atoms with Gasteiger partial charge in [0.1, 0.15) is 5.76 Å². The van der Waals surface area contributed by atoms with Crippen molar-refractivity contribution in [3.8, 4) is 0 Å². The topological polar surface area (TPSA) is 91.6 Å². The zero-order chi connectivity index (χ0) is 14.6. The minimum atomic E-state index is -1.12. The van der Waals surface area contributed by atoms with Gasteiger partial charge in [0.2, 0.25) is 5.76 Å². The zero-order valence-corrected chi connectivity index (χ0v) is 12.1. The molecule has 110 valence electrons. The van der Waals surface area contributed by atoms with Crippen LogP contribution >= 0.6 is 11.8 Å². The highest BCUT2D eigenvalue weighted by Crippen LogP contribution is 2.36. The molecule has 0 saturated carbocycles. The number of hydrogen-bond donors (Lipinski definition) is 3. The number of nitrogens with one attached hydrogen (secondary N) is 2. The van der Waals surface area contributed by atoms with Gasteiger partial charge in [-0.25, -0.2) is 9.59 Å². The van der Waals surface area contributed by atoms with E-state index in [1.54, 1.807) is 0 Å². The first-order valence-corrected chi connectivity index (χ1v) is 7.45. The number of thioether (sulfide) groups is 1. The summed E-state index contributed by atoms with van der Waals surface area (Å²) in [7, 11) is 0. The fraction of sp³-hybridized carbons (Fsp3) is 0.538. The Morgan fingerprint density at radius 2 is 2.25 bits per heavy atom. The van der Waals surface area contributed by atoms with Gasteiger partial charge in [0.15, 0.2) is 0 Å². The molecule has 0 bridgehead atoms. The van der Waals surface area contributed by atoms with Gasteiger partial charge in [-0.2, -0.15) is 11.8 Å². The molecule has 0 spiro atoms. The van der Waals surface area contributed by atoms with E-state index in [0.717, 1.165) is 12.2 Å². The van der Waals surface area contributed by atoms with Gasteiger partial charge in [0.05, 0.1) is 6.54 Å². The average Bonchev–Trinajstić information content (AvgIpc) is 3.03. The molecule has 2 heterocycles. The molecule has 1 fully saturated rings. The molecular formula is C13H18N2O4S. The Morgan fingerprint density at radius 1 is 1.45 bits per heavy atom. The molecule has 0 aromatic carbocycles. The molecule has 1 aliphatic rings. The van der Waals surface area contributed by atoms with Gasteiger partial charge in [-0.05, 0) is 37.7 Å². The summed E-state index contributed by atoms with van der Waals surface area (Å²) in [6, 6.07) is 2.64.